The molecular formula is C14H20N2O5S. The number of rotatable bonds is 8. The van der Waals surface area contributed by atoms with Crippen LogP contribution in [0.2, 0.25) is 0 Å². The van der Waals surface area contributed by atoms with Gasteiger partial charge in [0.15, 0.2) is 0 Å². The van der Waals surface area contributed by atoms with Crippen LogP contribution in [-0.4, -0.2) is 38.0 Å². The Morgan fingerprint density at radius 3 is 2.32 bits per heavy atom. The van der Waals surface area contributed by atoms with Crippen molar-refractivity contribution >= 4 is 21.9 Å². The van der Waals surface area contributed by atoms with Gasteiger partial charge in [0.1, 0.15) is 6.04 Å². The van der Waals surface area contributed by atoms with Crippen LogP contribution in [0, 0.1) is 6.92 Å². The molecule has 0 radical (unpaired) electrons. The first-order chi connectivity index (χ1) is 10.3. The number of nitrogens with one attached hydrogen (secondary N) is 2. The molecule has 8 heteroatoms. The normalized spacial score (nSPS) is 12.6. The molecule has 122 valence electrons. The molecule has 0 aliphatic carbocycles. The molecule has 0 bridgehead atoms. The maximum absolute atomic E-state index is 12.2. The fourth-order valence-electron chi connectivity index (χ4n) is 1.77. The Balaban J connectivity index is 2.79. The van der Waals surface area contributed by atoms with Gasteiger partial charge in [-0.3, -0.25) is 9.59 Å². The number of benzene rings is 1. The van der Waals surface area contributed by atoms with Gasteiger partial charge in [-0.1, -0.05) is 17.7 Å². The molecule has 1 atom stereocenters. The van der Waals surface area contributed by atoms with Crippen molar-refractivity contribution < 1.29 is 23.1 Å². The fraction of sp³-hybridized carbons (Fsp3) is 0.429. The van der Waals surface area contributed by atoms with Crippen LogP contribution < -0.4 is 10.0 Å². The van der Waals surface area contributed by atoms with E-state index in [-0.39, 0.29) is 23.6 Å². The Bertz CT molecular complexity index is 625. The van der Waals surface area contributed by atoms with E-state index in [0.717, 1.165) is 5.56 Å². The van der Waals surface area contributed by atoms with Crippen LogP contribution in [0.4, 0.5) is 0 Å². The second-order valence-corrected chi connectivity index (χ2v) is 6.53. The summed E-state index contributed by atoms with van der Waals surface area (Å²) in [7, 11) is -3.94. The van der Waals surface area contributed by atoms with Gasteiger partial charge in [-0.05, 0) is 32.4 Å². The zero-order chi connectivity index (χ0) is 16.8. The standard InChI is InChI=1S/C14H20N2O5S/c1-3-15-13(17)9-8-12(14(18)19)16-22(20,21)11-6-4-10(2)5-7-11/h4-7,12,16H,3,8-9H2,1-2H3,(H,15,17)(H,18,19)/t12-/m1/s1. The summed E-state index contributed by atoms with van der Waals surface area (Å²) in [6, 6.07) is 4.70. The first kappa shape index (κ1) is 18.1. The number of hydrogen-bond donors (Lipinski definition) is 3. The lowest BCUT2D eigenvalue weighted by molar-refractivity contribution is -0.139. The predicted octanol–water partition coefficient (Wildman–Crippen LogP) is 0.643. The summed E-state index contributed by atoms with van der Waals surface area (Å²) in [4.78, 5) is 22.5. The molecule has 0 fully saturated rings. The topological polar surface area (TPSA) is 113 Å². The third kappa shape index (κ3) is 5.45. The summed E-state index contributed by atoms with van der Waals surface area (Å²) in [5, 5.41) is 11.6. The fourth-order valence-corrected chi connectivity index (χ4v) is 2.99. The van der Waals surface area contributed by atoms with Crippen LogP contribution in [0.15, 0.2) is 29.2 Å². The van der Waals surface area contributed by atoms with Gasteiger partial charge in [0.05, 0.1) is 4.90 Å². The van der Waals surface area contributed by atoms with Gasteiger partial charge in [-0.15, -0.1) is 0 Å². The molecule has 1 rings (SSSR count). The average Bonchev–Trinajstić information content (AvgIpc) is 2.44. The van der Waals surface area contributed by atoms with Gasteiger partial charge in [0.25, 0.3) is 0 Å². The van der Waals surface area contributed by atoms with E-state index in [1.807, 2.05) is 6.92 Å². The quantitative estimate of drug-likeness (QED) is 0.648. The second-order valence-electron chi connectivity index (χ2n) is 4.82. The molecule has 1 aromatic carbocycles. The predicted molar refractivity (Wildman–Crippen MR) is 80.8 cm³/mol. The van der Waals surface area contributed by atoms with Crippen molar-refractivity contribution in [1.82, 2.24) is 10.0 Å². The molecule has 0 unspecified atom stereocenters. The summed E-state index contributed by atoms with van der Waals surface area (Å²) >= 11 is 0. The van der Waals surface area contributed by atoms with Crippen molar-refractivity contribution in [2.75, 3.05) is 6.54 Å². The second kappa shape index (κ2) is 7.90. The van der Waals surface area contributed by atoms with E-state index >= 15 is 0 Å². The lowest BCUT2D eigenvalue weighted by Gasteiger charge is -2.14. The maximum Gasteiger partial charge on any atom is 0.321 e. The van der Waals surface area contributed by atoms with E-state index in [9.17, 15) is 18.0 Å². The Morgan fingerprint density at radius 1 is 1.23 bits per heavy atom. The zero-order valence-corrected chi connectivity index (χ0v) is 13.3. The van der Waals surface area contributed by atoms with E-state index in [1.165, 1.54) is 12.1 Å². The lowest BCUT2D eigenvalue weighted by atomic mass is 10.1. The smallest absolute Gasteiger partial charge is 0.321 e. The van der Waals surface area contributed by atoms with Crippen LogP contribution in [0.3, 0.4) is 0 Å². The highest BCUT2D eigenvalue weighted by molar-refractivity contribution is 7.89. The van der Waals surface area contributed by atoms with Crippen LogP contribution >= 0.6 is 0 Å². The molecule has 0 saturated carbocycles. The highest BCUT2D eigenvalue weighted by Crippen LogP contribution is 2.12. The first-order valence-electron chi connectivity index (χ1n) is 6.84. The summed E-state index contributed by atoms with van der Waals surface area (Å²) in [5.41, 5.74) is 0.893. The number of carboxylic acids is 1. The molecule has 3 N–H and O–H groups in total. The molecule has 0 heterocycles. The van der Waals surface area contributed by atoms with E-state index in [2.05, 4.69) is 10.0 Å². The lowest BCUT2D eigenvalue weighted by Crippen LogP contribution is -2.41. The number of sulfonamides is 1. The number of carboxylic acid groups (broad SMARTS) is 1. The molecule has 1 aromatic rings. The molecule has 0 spiro atoms. The van der Waals surface area contributed by atoms with Crippen LogP contribution in [-0.2, 0) is 19.6 Å². The Labute approximate surface area is 129 Å². The monoisotopic (exact) mass is 328 g/mol. The van der Waals surface area contributed by atoms with Crippen LogP contribution in [0.1, 0.15) is 25.3 Å². The summed E-state index contributed by atoms with van der Waals surface area (Å²) in [6.45, 7) is 3.99. The molecule has 7 nitrogen and oxygen atoms in total. The number of aryl methyl sites for hydroxylation is 1. The van der Waals surface area contributed by atoms with Crippen molar-refractivity contribution in [3.63, 3.8) is 0 Å². The van der Waals surface area contributed by atoms with Gasteiger partial charge in [-0.2, -0.15) is 4.72 Å². The third-order valence-corrected chi connectivity index (χ3v) is 4.45. The van der Waals surface area contributed by atoms with E-state index in [4.69, 9.17) is 5.11 Å². The van der Waals surface area contributed by atoms with Crippen molar-refractivity contribution in [3.05, 3.63) is 29.8 Å². The van der Waals surface area contributed by atoms with Crippen molar-refractivity contribution in [2.24, 2.45) is 0 Å². The number of amides is 1. The highest BCUT2D eigenvalue weighted by atomic mass is 32.2. The molecule has 0 saturated heterocycles. The molecule has 0 aliphatic rings. The van der Waals surface area contributed by atoms with Gasteiger partial charge < -0.3 is 10.4 Å². The first-order valence-corrected chi connectivity index (χ1v) is 8.33. The number of hydrogen-bond acceptors (Lipinski definition) is 4. The van der Waals surface area contributed by atoms with Crippen LogP contribution in [0.5, 0.6) is 0 Å². The van der Waals surface area contributed by atoms with Crippen molar-refractivity contribution in [1.29, 1.82) is 0 Å². The van der Waals surface area contributed by atoms with Gasteiger partial charge >= 0.3 is 5.97 Å². The van der Waals surface area contributed by atoms with Crippen molar-refractivity contribution in [3.8, 4) is 0 Å². The minimum absolute atomic E-state index is 0.0117. The third-order valence-electron chi connectivity index (χ3n) is 2.96. The Hall–Kier alpha value is -1.93. The van der Waals surface area contributed by atoms with E-state index in [1.54, 1.807) is 19.1 Å². The van der Waals surface area contributed by atoms with Gasteiger partial charge in [0, 0.05) is 13.0 Å². The molecule has 0 aromatic heterocycles. The maximum atomic E-state index is 12.2. The molecular weight excluding hydrogens is 308 g/mol. The van der Waals surface area contributed by atoms with Gasteiger partial charge in [0.2, 0.25) is 15.9 Å². The zero-order valence-electron chi connectivity index (χ0n) is 12.5. The highest BCUT2D eigenvalue weighted by Gasteiger charge is 2.25. The summed E-state index contributed by atoms with van der Waals surface area (Å²) in [5.74, 6) is -1.64. The number of carbonyl (C=O) groups is 2. The van der Waals surface area contributed by atoms with Crippen LogP contribution in [0.25, 0.3) is 0 Å². The summed E-state index contributed by atoms with van der Waals surface area (Å²) < 4.78 is 26.4. The number of carbonyl (C=O) groups excluding carboxylic acids is 1. The minimum atomic E-state index is -3.94. The van der Waals surface area contributed by atoms with Gasteiger partial charge in [-0.25, -0.2) is 8.42 Å². The SMILES string of the molecule is CCNC(=O)CC[C@@H](NS(=O)(=O)c1ccc(C)cc1)C(=O)O. The minimum Gasteiger partial charge on any atom is -0.480 e. The Morgan fingerprint density at radius 2 is 1.82 bits per heavy atom. The summed E-state index contributed by atoms with van der Waals surface area (Å²) in [6.07, 6.45) is -0.187. The number of aliphatic carboxylic acids is 1. The Kier molecular flexibility index (Phi) is 6.51. The largest absolute Gasteiger partial charge is 0.480 e. The van der Waals surface area contributed by atoms with E-state index < -0.39 is 22.0 Å². The average molecular weight is 328 g/mol. The molecule has 22 heavy (non-hydrogen) atoms. The van der Waals surface area contributed by atoms with Crippen molar-refractivity contribution in [2.45, 2.75) is 37.6 Å². The molecule has 1 amide bonds. The molecule has 0 aliphatic heterocycles. The van der Waals surface area contributed by atoms with E-state index in [0.29, 0.717) is 6.54 Å².